The second-order valence-electron chi connectivity index (χ2n) is 12.2. The standard InChI is InChI=1S/C25H41N3O3/c1-24(2,15-31-3)26-23(30)14-28-20-4-5-21(28)10-16(9-20)11-22(29)27-25-12-17-6-18(13-25)8-19(25)7-17/h16-21H,4-15H2,1-3H3,(H,26,30)(H,27,29)/t16-,17?,18?,19?,20-,21+,25?. The van der Waals surface area contributed by atoms with Crippen molar-refractivity contribution in [1.29, 1.82) is 0 Å². The molecular formula is C25H41N3O3. The summed E-state index contributed by atoms with van der Waals surface area (Å²) in [6.45, 7) is 4.97. The average Bonchev–Trinajstić information content (AvgIpc) is 3.13. The average molecular weight is 432 g/mol. The van der Waals surface area contributed by atoms with Crippen LogP contribution >= 0.6 is 0 Å². The molecule has 5 atom stereocenters. The van der Waals surface area contributed by atoms with Crippen LogP contribution in [-0.2, 0) is 14.3 Å². The van der Waals surface area contributed by atoms with Crippen molar-refractivity contribution in [3.8, 4) is 0 Å². The summed E-state index contributed by atoms with van der Waals surface area (Å²) in [5.41, 5.74) is -0.197. The Labute approximate surface area is 187 Å². The van der Waals surface area contributed by atoms with E-state index in [9.17, 15) is 9.59 Å². The predicted molar refractivity (Wildman–Crippen MR) is 119 cm³/mol. The van der Waals surface area contributed by atoms with Gasteiger partial charge in [0.1, 0.15) is 0 Å². The molecule has 4 saturated carbocycles. The first-order chi connectivity index (χ1) is 14.7. The predicted octanol–water partition coefficient (Wildman–Crippen LogP) is 2.86. The zero-order chi connectivity index (χ0) is 21.8. The van der Waals surface area contributed by atoms with Crippen molar-refractivity contribution in [1.82, 2.24) is 15.5 Å². The first-order valence-corrected chi connectivity index (χ1v) is 12.6. The topological polar surface area (TPSA) is 70.7 Å². The zero-order valence-corrected chi connectivity index (χ0v) is 19.6. The normalized spacial score (nSPS) is 41.0. The lowest BCUT2D eigenvalue weighted by molar-refractivity contribution is -0.128. The number of methoxy groups -OCH3 is 1. The third kappa shape index (κ3) is 4.27. The lowest BCUT2D eigenvalue weighted by Crippen LogP contribution is -2.54. The molecule has 2 N–H and O–H groups in total. The maximum Gasteiger partial charge on any atom is 0.234 e. The van der Waals surface area contributed by atoms with Crippen molar-refractivity contribution in [3.05, 3.63) is 0 Å². The third-order valence-corrected chi connectivity index (χ3v) is 9.14. The minimum Gasteiger partial charge on any atom is -0.382 e. The summed E-state index contributed by atoms with van der Waals surface area (Å²) in [5.74, 6) is 3.34. The van der Waals surface area contributed by atoms with Gasteiger partial charge in [-0.15, -0.1) is 0 Å². The Balaban J connectivity index is 1.12. The summed E-state index contributed by atoms with van der Waals surface area (Å²) < 4.78 is 5.22. The van der Waals surface area contributed by atoms with Gasteiger partial charge < -0.3 is 15.4 Å². The van der Waals surface area contributed by atoms with Crippen molar-refractivity contribution in [3.63, 3.8) is 0 Å². The molecule has 6 nitrogen and oxygen atoms in total. The number of nitrogens with zero attached hydrogens (tertiary/aromatic N) is 1. The highest BCUT2D eigenvalue weighted by molar-refractivity contribution is 5.79. The third-order valence-electron chi connectivity index (χ3n) is 9.14. The van der Waals surface area contributed by atoms with E-state index in [2.05, 4.69) is 15.5 Å². The van der Waals surface area contributed by atoms with Crippen LogP contribution in [0.4, 0.5) is 0 Å². The molecule has 6 bridgehead atoms. The summed E-state index contributed by atoms with van der Waals surface area (Å²) in [7, 11) is 1.66. The van der Waals surface area contributed by atoms with Gasteiger partial charge in [0.2, 0.25) is 11.8 Å². The Kier molecular flexibility index (Phi) is 5.61. The molecule has 0 radical (unpaired) electrons. The van der Waals surface area contributed by atoms with Gasteiger partial charge in [0.05, 0.1) is 18.7 Å². The van der Waals surface area contributed by atoms with Crippen LogP contribution in [0, 0.1) is 23.7 Å². The molecule has 2 aliphatic heterocycles. The molecule has 0 aromatic carbocycles. The Morgan fingerprint density at radius 2 is 1.65 bits per heavy atom. The van der Waals surface area contributed by atoms with Gasteiger partial charge >= 0.3 is 0 Å². The van der Waals surface area contributed by atoms with E-state index in [0.717, 1.165) is 43.4 Å². The second-order valence-corrected chi connectivity index (χ2v) is 12.2. The number of fused-ring (bicyclic) bond motifs is 2. The fourth-order valence-corrected chi connectivity index (χ4v) is 8.38. The van der Waals surface area contributed by atoms with Crippen LogP contribution in [0.5, 0.6) is 0 Å². The highest BCUT2D eigenvalue weighted by Gasteiger charge is 2.58. The number of hydrogen-bond donors (Lipinski definition) is 2. The molecule has 6 heteroatoms. The van der Waals surface area contributed by atoms with E-state index < -0.39 is 0 Å². The molecule has 2 saturated heterocycles. The van der Waals surface area contributed by atoms with Gasteiger partial charge in [0.25, 0.3) is 0 Å². The number of piperidine rings is 1. The molecule has 2 heterocycles. The van der Waals surface area contributed by atoms with Crippen LogP contribution in [0.1, 0.15) is 78.1 Å². The van der Waals surface area contributed by atoms with Crippen LogP contribution in [0.15, 0.2) is 0 Å². The smallest absolute Gasteiger partial charge is 0.234 e. The van der Waals surface area contributed by atoms with Gasteiger partial charge in [-0.25, -0.2) is 0 Å². The van der Waals surface area contributed by atoms with Crippen molar-refractivity contribution >= 4 is 11.8 Å². The quantitative estimate of drug-likeness (QED) is 0.620. The molecule has 174 valence electrons. The summed E-state index contributed by atoms with van der Waals surface area (Å²) in [6.07, 6.45) is 11.7. The highest BCUT2D eigenvalue weighted by atomic mass is 16.5. The number of hydrogen-bond acceptors (Lipinski definition) is 4. The van der Waals surface area contributed by atoms with Crippen molar-refractivity contribution in [2.24, 2.45) is 23.7 Å². The van der Waals surface area contributed by atoms with Crippen molar-refractivity contribution in [2.75, 3.05) is 20.3 Å². The maximum atomic E-state index is 13.0. The van der Waals surface area contributed by atoms with Gasteiger partial charge in [-0.05, 0) is 95.3 Å². The van der Waals surface area contributed by atoms with Crippen molar-refractivity contribution in [2.45, 2.75) is 101 Å². The minimum atomic E-state index is -0.348. The first-order valence-electron chi connectivity index (χ1n) is 12.6. The first kappa shape index (κ1) is 21.7. The van der Waals surface area contributed by atoms with Gasteiger partial charge in [-0.1, -0.05) is 0 Å². The van der Waals surface area contributed by atoms with Crippen LogP contribution < -0.4 is 10.6 Å². The van der Waals surface area contributed by atoms with Crippen LogP contribution in [0.25, 0.3) is 0 Å². The van der Waals surface area contributed by atoms with Gasteiger partial charge in [0.15, 0.2) is 0 Å². The SMILES string of the molecule is COCC(C)(C)NC(=O)CN1[C@@H]2CC[C@H]1C[C@H](CC(=O)NC13CC4CC(CC1C4)C3)C2. The van der Waals surface area contributed by atoms with E-state index in [1.807, 2.05) is 13.8 Å². The fourth-order valence-electron chi connectivity index (χ4n) is 8.38. The number of carbonyl (C=O) groups excluding carboxylic acids is 2. The number of amides is 2. The summed E-state index contributed by atoms with van der Waals surface area (Å²) in [5, 5.41) is 6.68. The largest absolute Gasteiger partial charge is 0.382 e. The zero-order valence-electron chi connectivity index (χ0n) is 19.6. The molecule has 6 rings (SSSR count). The van der Waals surface area contributed by atoms with Gasteiger partial charge in [-0.3, -0.25) is 14.5 Å². The Hall–Kier alpha value is -1.14. The number of rotatable bonds is 8. The van der Waals surface area contributed by atoms with Crippen molar-refractivity contribution < 1.29 is 14.3 Å². The van der Waals surface area contributed by atoms with E-state index in [4.69, 9.17) is 4.74 Å². The second kappa shape index (κ2) is 8.02. The minimum absolute atomic E-state index is 0.0846. The van der Waals surface area contributed by atoms with E-state index >= 15 is 0 Å². The molecule has 0 aromatic rings. The van der Waals surface area contributed by atoms with E-state index in [1.54, 1.807) is 7.11 Å². The molecule has 6 aliphatic rings. The van der Waals surface area contributed by atoms with E-state index in [-0.39, 0.29) is 17.0 Å². The summed E-state index contributed by atoms with van der Waals surface area (Å²) in [6, 6.07) is 0.897. The molecule has 0 aromatic heterocycles. The Bertz CT molecular complexity index is 695. The molecule has 2 unspecified atom stereocenters. The molecule has 4 aliphatic carbocycles. The number of carbonyl (C=O) groups is 2. The van der Waals surface area contributed by atoms with Crippen LogP contribution in [0.3, 0.4) is 0 Å². The fraction of sp³-hybridized carbons (Fsp3) is 0.920. The van der Waals surface area contributed by atoms with E-state index in [0.29, 0.717) is 43.5 Å². The highest BCUT2D eigenvalue weighted by Crippen LogP contribution is 2.60. The lowest BCUT2D eigenvalue weighted by Gasteiger charge is -2.40. The molecule has 31 heavy (non-hydrogen) atoms. The Morgan fingerprint density at radius 1 is 1.00 bits per heavy atom. The molecule has 2 amide bonds. The van der Waals surface area contributed by atoms with Gasteiger partial charge in [-0.2, -0.15) is 0 Å². The molecule has 6 fully saturated rings. The number of nitrogens with one attached hydrogen (secondary N) is 2. The van der Waals surface area contributed by atoms with Gasteiger partial charge in [0, 0.05) is 31.2 Å². The Morgan fingerprint density at radius 3 is 2.26 bits per heavy atom. The number of ether oxygens (including phenoxy) is 1. The molecule has 0 spiro atoms. The lowest BCUT2D eigenvalue weighted by atomic mass is 9.80. The summed E-state index contributed by atoms with van der Waals surface area (Å²) >= 11 is 0. The summed E-state index contributed by atoms with van der Waals surface area (Å²) in [4.78, 5) is 28.1. The monoisotopic (exact) mass is 431 g/mol. The van der Waals surface area contributed by atoms with Crippen LogP contribution in [0.2, 0.25) is 0 Å². The van der Waals surface area contributed by atoms with Crippen LogP contribution in [-0.4, -0.2) is 60.1 Å². The maximum absolute atomic E-state index is 13.0. The van der Waals surface area contributed by atoms with E-state index in [1.165, 1.54) is 32.1 Å². The molecular weight excluding hydrogens is 390 g/mol.